The number of hydrogen-bond donors (Lipinski definition) is 1. The SMILES string of the molecule is CCC(C)(C)C(=O)OCCNC(=O)OC1CCC2OC2C1. The Morgan fingerprint density at radius 2 is 2.05 bits per heavy atom. The molecule has 0 aromatic heterocycles. The van der Waals surface area contributed by atoms with Crippen LogP contribution in [-0.2, 0) is 19.0 Å². The van der Waals surface area contributed by atoms with Crippen molar-refractivity contribution in [1.29, 1.82) is 0 Å². The molecule has 3 unspecified atom stereocenters. The maximum Gasteiger partial charge on any atom is 0.407 e. The summed E-state index contributed by atoms with van der Waals surface area (Å²) < 4.78 is 15.8. The zero-order chi connectivity index (χ0) is 15.5. The molecule has 0 radical (unpaired) electrons. The van der Waals surface area contributed by atoms with Gasteiger partial charge in [-0.05, 0) is 33.1 Å². The van der Waals surface area contributed by atoms with Crippen LogP contribution >= 0.6 is 0 Å². The number of amides is 1. The Labute approximate surface area is 125 Å². The molecule has 0 bridgehead atoms. The lowest BCUT2D eigenvalue weighted by Crippen LogP contribution is -2.34. The van der Waals surface area contributed by atoms with Gasteiger partial charge in [-0.2, -0.15) is 0 Å². The Morgan fingerprint density at radius 1 is 1.29 bits per heavy atom. The smallest absolute Gasteiger partial charge is 0.407 e. The summed E-state index contributed by atoms with van der Waals surface area (Å²) in [6, 6.07) is 0. The highest BCUT2D eigenvalue weighted by atomic mass is 16.6. The summed E-state index contributed by atoms with van der Waals surface area (Å²) >= 11 is 0. The summed E-state index contributed by atoms with van der Waals surface area (Å²) in [5.41, 5.74) is -0.483. The molecule has 3 atom stereocenters. The molecule has 1 aliphatic heterocycles. The van der Waals surface area contributed by atoms with Crippen molar-refractivity contribution in [3.8, 4) is 0 Å². The third-order valence-electron chi connectivity index (χ3n) is 4.27. The van der Waals surface area contributed by atoms with E-state index in [1.807, 2.05) is 20.8 Å². The molecule has 1 saturated heterocycles. The molecule has 0 aromatic rings. The molecule has 120 valence electrons. The molecule has 0 aromatic carbocycles. The second-order valence-corrected chi connectivity index (χ2v) is 6.35. The van der Waals surface area contributed by atoms with Crippen molar-refractivity contribution >= 4 is 12.1 Å². The molecule has 2 fully saturated rings. The van der Waals surface area contributed by atoms with Crippen LogP contribution in [0.4, 0.5) is 4.79 Å². The first-order valence-electron chi connectivity index (χ1n) is 7.69. The predicted molar refractivity (Wildman–Crippen MR) is 75.8 cm³/mol. The monoisotopic (exact) mass is 299 g/mol. The van der Waals surface area contributed by atoms with Gasteiger partial charge in [0.1, 0.15) is 12.7 Å². The fourth-order valence-corrected chi connectivity index (χ4v) is 2.30. The lowest BCUT2D eigenvalue weighted by atomic mass is 9.91. The van der Waals surface area contributed by atoms with Gasteiger partial charge in [-0.3, -0.25) is 4.79 Å². The minimum absolute atomic E-state index is 0.0599. The first-order valence-corrected chi connectivity index (χ1v) is 7.69. The van der Waals surface area contributed by atoms with Crippen LogP contribution in [0.1, 0.15) is 46.5 Å². The van der Waals surface area contributed by atoms with Crippen LogP contribution in [0.15, 0.2) is 0 Å². The Balaban J connectivity index is 1.56. The highest BCUT2D eigenvalue weighted by molar-refractivity contribution is 5.75. The lowest BCUT2D eigenvalue weighted by Gasteiger charge is -2.21. The van der Waals surface area contributed by atoms with E-state index in [9.17, 15) is 9.59 Å². The topological polar surface area (TPSA) is 77.2 Å². The summed E-state index contributed by atoms with van der Waals surface area (Å²) in [5.74, 6) is -0.246. The van der Waals surface area contributed by atoms with Gasteiger partial charge < -0.3 is 19.5 Å². The van der Waals surface area contributed by atoms with Crippen molar-refractivity contribution in [3.05, 3.63) is 0 Å². The minimum Gasteiger partial charge on any atom is -0.463 e. The summed E-state index contributed by atoms with van der Waals surface area (Å²) in [4.78, 5) is 23.3. The number of epoxide rings is 1. The van der Waals surface area contributed by atoms with E-state index in [1.54, 1.807) is 0 Å². The average molecular weight is 299 g/mol. The highest BCUT2D eigenvalue weighted by Gasteiger charge is 2.45. The van der Waals surface area contributed by atoms with Crippen molar-refractivity contribution in [2.45, 2.75) is 64.8 Å². The molecular weight excluding hydrogens is 274 g/mol. The van der Waals surface area contributed by atoms with Gasteiger partial charge in [-0.15, -0.1) is 0 Å². The second kappa shape index (κ2) is 6.64. The maximum absolute atomic E-state index is 11.7. The fraction of sp³-hybridized carbons (Fsp3) is 0.867. The van der Waals surface area contributed by atoms with Crippen LogP contribution in [0.5, 0.6) is 0 Å². The number of ether oxygens (including phenoxy) is 3. The number of fused-ring (bicyclic) bond motifs is 1. The number of carbonyl (C=O) groups is 2. The minimum atomic E-state index is -0.483. The predicted octanol–water partition coefficient (Wildman–Crippen LogP) is 2.01. The molecule has 6 nitrogen and oxygen atoms in total. The van der Waals surface area contributed by atoms with Gasteiger partial charge in [0.15, 0.2) is 0 Å². The first kappa shape index (κ1) is 16.1. The van der Waals surface area contributed by atoms with Gasteiger partial charge in [0.2, 0.25) is 0 Å². The van der Waals surface area contributed by atoms with Gasteiger partial charge in [0.05, 0.1) is 24.2 Å². The van der Waals surface area contributed by atoms with Crippen molar-refractivity contribution < 1.29 is 23.8 Å². The first-order chi connectivity index (χ1) is 9.92. The molecule has 1 N–H and O–H groups in total. The molecule has 1 amide bonds. The Bertz CT molecular complexity index is 396. The van der Waals surface area contributed by atoms with Crippen LogP contribution in [-0.4, -0.2) is 43.5 Å². The summed E-state index contributed by atoms with van der Waals surface area (Å²) in [7, 11) is 0. The normalized spacial score (nSPS) is 27.5. The molecule has 0 spiro atoms. The summed E-state index contributed by atoms with van der Waals surface area (Å²) in [6.45, 7) is 6.05. The van der Waals surface area contributed by atoms with Gasteiger partial charge >= 0.3 is 12.1 Å². The average Bonchev–Trinajstić information content (AvgIpc) is 3.21. The molecule has 6 heteroatoms. The Morgan fingerprint density at radius 3 is 2.71 bits per heavy atom. The number of nitrogens with one attached hydrogen (secondary N) is 1. The van der Waals surface area contributed by atoms with Crippen LogP contribution < -0.4 is 5.32 Å². The van der Waals surface area contributed by atoms with E-state index in [-0.39, 0.29) is 31.3 Å². The van der Waals surface area contributed by atoms with Gasteiger partial charge in [0.25, 0.3) is 0 Å². The number of alkyl carbamates (subject to hydrolysis) is 1. The van der Waals surface area contributed by atoms with Gasteiger partial charge in [-0.1, -0.05) is 6.92 Å². The number of hydrogen-bond acceptors (Lipinski definition) is 5. The standard InChI is InChI=1S/C15H25NO5/c1-4-15(2,3)13(17)19-8-7-16-14(18)20-10-5-6-11-12(9-10)21-11/h10-12H,4-9H2,1-3H3,(H,16,18). The molecule has 2 rings (SSSR count). The van der Waals surface area contributed by atoms with Gasteiger partial charge in [-0.25, -0.2) is 4.79 Å². The quantitative estimate of drug-likeness (QED) is 0.461. The number of rotatable bonds is 6. The molecule has 21 heavy (non-hydrogen) atoms. The number of carbonyl (C=O) groups excluding carboxylic acids is 2. The van der Waals surface area contributed by atoms with Gasteiger partial charge in [0, 0.05) is 6.42 Å². The van der Waals surface area contributed by atoms with Crippen molar-refractivity contribution in [3.63, 3.8) is 0 Å². The fourth-order valence-electron chi connectivity index (χ4n) is 2.30. The maximum atomic E-state index is 11.7. The molecule has 1 aliphatic carbocycles. The Kier molecular flexibility index (Phi) is 5.08. The van der Waals surface area contributed by atoms with Crippen LogP contribution in [0.25, 0.3) is 0 Å². The van der Waals surface area contributed by atoms with E-state index in [4.69, 9.17) is 14.2 Å². The van der Waals surface area contributed by atoms with Crippen molar-refractivity contribution in [2.75, 3.05) is 13.2 Å². The van der Waals surface area contributed by atoms with E-state index in [2.05, 4.69) is 5.32 Å². The highest BCUT2D eigenvalue weighted by Crippen LogP contribution is 2.37. The number of esters is 1. The third-order valence-corrected chi connectivity index (χ3v) is 4.27. The molecule has 2 aliphatic rings. The Hall–Kier alpha value is -1.30. The van der Waals surface area contributed by atoms with E-state index >= 15 is 0 Å². The van der Waals surface area contributed by atoms with E-state index in [1.165, 1.54) is 0 Å². The van der Waals surface area contributed by atoms with Crippen LogP contribution in [0.3, 0.4) is 0 Å². The second-order valence-electron chi connectivity index (χ2n) is 6.35. The van der Waals surface area contributed by atoms with Crippen LogP contribution in [0.2, 0.25) is 0 Å². The zero-order valence-electron chi connectivity index (χ0n) is 13.0. The van der Waals surface area contributed by atoms with Crippen molar-refractivity contribution in [2.24, 2.45) is 5.41 Å². The summed E-state index contributed by atoms with van der Waals surface area (Å²) in [6.07, 6.45) is 3.49. The molecule has 1 saturated carbocycles. The van der Waals surface area contributed by atoms with Crippen LogP contribution in [0, 0.1) is 5.41 Å². The lowest BCUT2D eigenvalue weighted by molar-refractivity contribution is -0.153. The van der Waals surface area contributed by atoms with E-state index in [0.717, 1.165) is 19.3 Å². The molecular formula is C15H25NO5. The summed E-state index contributed by atoms with van der Waals surface area (Å²) in [5, 5.41) is 2.60. The van der Waals surface area contributed by atoms with E-state index < -0.39 is 11.5 Å². The zero-order valence-corrected chi connectivity index (χ0v) is 13.0. The largest absolute Gasteiger partial charge is 0.463 e. The van der Waals surface area contributed by atoms with E-state index in [0.29, 0.717) is 12.5 Å². The molecule has 1 heterocycles. The third kappa shape index (κ3) is 4.59. The van der Waals surface area contributed by atoms with Crippen molar-refractivity contribution in [1.82, 2.24) is 5.32 Å².